The minimum absolute atomic E-state index is 0.119. The van der Waals surface area contributed by atoms with Crippen LogP contribution in [0.5, 0.6) is 0 Å². The van der Waals surface area contributed by atoms with Crippen molar-refractivity contribution >= 4 is 45.9 Å². The van der Waals surface area contributed by atoms with Crippen molar-refractivity contribution in [2.45, 2.75) is 32.7 Å². The molecule has 0 fully saturated rings. The van der Waals surface area contributed by atoms with Crippen LogP contribution in [0.4, 0.5) is 17.1 Å². The molecule has 2 N–H and O–H groups in total. The van der Waals surface area contributed by atoms with Crippen molar-refractivity contribution in [3.05, 3.63) is 76.5 Å². The SMILES string of the molecule is C=[N+]=Nc1ccc(C2Nc3ccc4ccccc4c3C3=C2C(=O)CC(C)(C)C3)cc1N[O-]. The van der Waals surface area contributed by atoms with Gasteiger partial charge in [0, 0.05) is 28.0 Å². The fourth-order valence-corrected chi connectivity index (χ4v) is 5.07. The molecular formula is C26H24N4O2. The number of anilines is 2. The Morgan fingerprint density at radius 3 is 2.75 bits per heavy atom. The Morgan fingerprint density at radius 2 is 1.97 bits per heavy atom. The quantitative estimate of drug-likeness (QED) is 0.232. The molecule has 6 heteroatoms. The number of ketones is 1. The summed E-state index contributed by atoms with van der Waals surface area (Å²) in [5.41, 5.74) is 7.34. The number of fused-ring (bicyclic) bond motifs is 4. The van der Waals surface area contributed by atoms with Gasteiger partial charge in [-0.15, -0.1) is 0 Å². The first-order chi connectivity index (χ1) is 15.4. The predicted octanol–water partition coefficient (Wildman–Crippen LogP) is 6.05. The van der Waals surface area contributed by atoms with E-state index in [2.05, 4.69) is 60.1 Å². The van der Waals surface area contributed by atoms with Gasteiger partial charge in [0.1, 0.15) is 5.11 Å². The maximum absolute atomic E-state index is 13.5. The minimum Gasteiger partial charge on any atom is -0.761 e. The molecule has 0 amide bonds. The lowest BCUT2D eigenvalue weighted by molar-refractivity contribution is -0.118. The first-order valence-corrected chi connectivity index (χ1v) is 10.7. The summed E-state index contributed by atoms with van der Waals surface area (Å²) in [6.45, 7) is 7.65. The fourth-order valence-electron chi connectivity index (χ4n) is 5.07. The summed E-state index contributed by atoms with van der Waals surface area (Å²) in [6.07, 6.45) is 1.30. The summed E-state index contributed by atoms with van der Waals surface area (Å²) in [7, 11) is 0. The highest BCUT2D eigenvalue weighted by molar-refractivity contribution is 6.12. The standard InChI is InChI=1S/C26H24N4O2/c1-26(2)13-18-23-17-7-5-4-6-15(17)8-11-20(23)28-25(24(18)22(31)14-26)16-9-10-19(29-27-3)21(12-16)30-32/h4-12,25H,3,13-14H2,1-2H3,(H2,28,29,31,32). The van der Waals surface area contributed by atoms with Gasteiger partial charge in [-0.1, -0.05) is 50.2 Å². The summed E-state index contributed by atoms with van der Waals surface area (Å²) < 4.78 is 0. The van der Waals surface area contributed by atoms with Gasteiger partial charge in [-0.2, -0.15) is 0 Å². The molecule has 32 heavy (non-hydrogen) atoms. The van der Waals surface area contributed by atoms with Crippen LogP contribution in [0.2, 0.25) is 0 Å². The van der Waals surface area contributed by atoms with Gasteiger partial charge in [-0.05, 0) is 51.9 Å². The van der Waals surface area contributed by atoms with Gasteiger partial charge in [-0.3, -0.25) is 4.79 Å². The van der Waals surface area contributed by atoms with Crippen LogP contribution in [0.1, 0.15) is 43.9 Å². The molecule has 5 rings (SSSR count). The number of nitrogens with one attached hydrogen (secondary N) is 2. The van der Waals surface area contributed by atoms with E-state index < -0.39 is 0 Å². The van der Waals surface area contributed by atoms with E-state index in [0.29, 0.717) is 17.8 Å². The molecule has 1 heterocycles. The number of hydrogen-bond donors (Lipinski definition) is 2. The lowest BCUT2D eigenvalue weighted by Gasteiger charge is -2.40. The topological polar surface area (TPSA) is 90.7 Å². The highest BCUT2D eigenvalue weighted by Crippen LogP contribution is 2.52. The number of carbonyl (C=O) groups is 1. The summed E-state index contributed by atoms with van der Waals surface area (Å²) in [4.78, 5) is 17.0. The Hall–Kier alpha value is -3.73. The molecule has 0 spiro atoms. The average Bonchev–Trinajstić information content (AvgIpc) is 2.77. The van der Waals surface area contributed by atoms with Gasteiger partial charge in [0.25, 0.3) is 6.72 Å². The van der Waals surface area contributed by atoms with Gasteiger partial charge in [-0.25, -0.2) is 0 Å². The van der Waals surface area contributed by atoms with Crippen molar-refractivity contribution in [2.75, 3.05) is 10.8 Å². The fraction of sp³-hybridized carbons (Fsp3) is 0.231. The molecule has 3 aromatic rings. The van der Waals surface area contributed by atoms with Crippen LogP contribution in [0, 0.1) is 10.6 Å². The molecule has 1 unspecified atom stereocenters. The van der Waals surface area contributed by atoms with Crippen LogP contribution < -0.4 is 10.8 Å². The third-order valence-electron chi connectivity index (χ3n) is 6.38. The first kappa shape index (κ1) is 20.2. The zero-order chi connectivity index (χ0) is 22.5. The summed E-state index contributed by atoms with van der Waals surface area (Å²) >= 11 is 0. The lowest BCUT2D eigenvalue weighted by atomic mass is 9.68. The van der Waals surface area contributed by atoms with Crippen LogP contribution in [-0.2, 0) is 4.79 Å². The molecule has 2 aliphatic rings. The second kappa shape index (κ2) is 7.45. The van der Waals surface area contributed by atoms with Gasteiger partial charge in [0.05, 0.1) is 11.7 Å². The number of nitrogens with zero attached hydrogens (tertiary/aromatic N) is 2. The lowest BCUT2D eigenvalue weighted by Crippen LogP contribution is -2.33. The highest BCUT2D eigenvalue weighted by Gasteiger charge is 2.40. The Kier molecular flexibility index (Phi) is 4.70. The van der Waals surface area contributed by atoms with Gasteiger partial charge in [0.15, 0.2) is 11.5 Å². The Balaban J connectivity index is 1.75. The Morgan fingerprint density at radius 1 is 1.16 bits per heavy atom. The number of rotatable bonds is 3. The maximum atomic E-state index is 13.5. The van der Waals surface area contributed by atoms with E-state index in [-0.39, 0.29) is 17.2 Å². The van der Waals surface area contributed by atoms with Crippen molar-refractivity contribution in [3.63, 3.8) is 0 Å². The van der Waals surface area contributed by atoms with Crippen LogP contribution >= 0.6 is 0 Å². The van der Waals surface area contributed by atoms with E-state index in [9.17, 15) is 10.0 Å². The van der Waals surface area contributed by atoms with E-state index in [1.54, 1.807) is 12.1 Å². The van der Waals surface area contributed by atoms with Crippen molar-refractivity contribution in [2.24, 2.45) is 10.5 Å². The molecule has 0 bridgehead atoms. The van der Waals surface area contributed by atoms with Crippen LogP contribution in [0.25, 0.3) is 16.3 Å². The van der Waals surface area contributed by atoms with Crippen molar-refractivity contribution < 1.29 is 9.58 Å². The molecule has 1 atom stereocenters. The third-order valence-corrected chi connectivity index (χ3v) is 6.38. The molecule has 3 aromatic carbocycles. The van der Waals surface area contributed by atoms with E-state index in [1.165, 1.54) is 0 Å². The van der Waals surface area contributed by atoms with E-state index in [1.807, 2.05) is 23.7 Å². The van der Waals surface area contributed by atoms with Gasteiger partial charge >= 0.3 is 0 Å². The molecule has 0 radical (unpaired) electrons. The number of benzene rings is 3. The predicted molar refractivity (Wildman–Crippen MR) is 128 cm³/mol. The molecule has 6 nitrogen and oxygen atoms in total. The Labute approximate surface area is 186 Å². The number of carbonyl (C=O) groups excluding carboxylic acids is 1. The van der Waals surface area contributed by atoms with Crippen molar-refractivity contribution in [1.29, 1.82) is 0 Å². The number of Topliss-reactive ketones (excluding diaryl/α,β-unsaturated/α-hetero) is 1. The highest BCUT2D eigenvalue weighted by atomic mass is 16.5. The summed E-state index contributed by atoms with van der Waals surface area (Å²) in [5.74, 6) is 0.144. The zero-order valence-electron chi connectivity index (χ0n) is 18.1. The molecule has 0 saturated carbocycles. The van der Waals surface area contributed by atoms with E-state index >= 15 is 0 Å². The first-order valence-electron chi connectivity index (χ1n) is 10.7. The van der Waals surface area contributed by atoms with Crippen molar-refractivity contribution in [3.8, 4) is 0 Å². The maximum Gasteiger partial charge on any atom is 0.296 e. The second-order valence-corrected chi connectivity index (χ2v) is 9.24. The molecule has 0 aromatic heterocycles. The number of hydrogen-bond acceptors (Lipinski definition) is 5. The molecular weight excluding hydrogens is 400 g/mol. The summed E-state index contributed by atoms with van der Waals surface area (Å²) in [6, 6.07) is 17.4. The smallest absolute Gasteiger partial charge is 0.296 e. The zero-order valence-corrected chi connectivity index (χ0v) is 18.1. The largest absolute Gasteiger partial charge is 0.761 e. The van der Waals surface area contributed by atoms with Crippen LogP contribution in [-0.4, -0.2) is 17.3 Å². The van der Waals surface area contributed by atoms with Gasteiger partial charge in [0.2, 0.25) is 0 Å². The molecule has 0 saturated heterocycles. The Bertz CT molecular complexity index is 1350. The van der Waals surface area contributed by atoms with Gasteiger partial charge < -0.3 is 16.0 Å². The van der Waals surface area contributed by atoms with E-state index in [4.69, 9.17) is 0 Å². The molecule has 1 aliphatic carbocycles. The van der Waals surface area contributed by atoms with Crippen molar-refractivity contribution in [1.82, 2.24) is 0 Å². The summed E-state index contributed by atoms with van der Waals surface area (Å²) in [5, 5.41) is 21.3. The van der Waals surface area contributed by atoms with E-state index in [0.717, 1.165) is 45.2 Å². The second-order valence-electron chi connectivity index (χ2n) is 9.24. The average molecular weight is 425 g/mol. The third kappa shape index (κ3) is 3.21. The molecule has 1 aliphatic heterocycles. The monoisotopic (exact) mass is 424 g/mol. The normalized spacial score (nSPS) is 19.0. The minimum atomic E-state index is -0.347. The number of allylic oxidation sites excluding steroid dienone is 1. The van der Waals surface area contributed by atoms with Crippen LogP contribution in [0.3, 0.4) is 0 Å². The molecule has 160 valence electrons. The van der Waals surface area contributed by atoms with Crippen LogP contribution in [0.15, 0.2) is 65.3 Å².